The third kappa shape index (κ3) is 4.07. The smallest absolute Gasteiger partial charge is 0.206 e. The Kier molecular flexibility index (Phi) is 5.39. The van der Waals surface area contributed by atoms with E-state index in [0.29, 0.717) is 11.4 Å². The molecule has 0 aliphatic carbocycles. The molecule has 1 saturated heterocycles. The van der Waals surface area contributed by atoms with Crippen LogP contribution in [-0.4, -0.2) is 50.1 Å². The zero-order valence-corrected chi connectivity index (χ0v) is 16.1. The first-order chi connectivity index (χ1) is 13.7. The van der Waals surface area contributed by atoms with Crippen LogP contribution < -0.4 is 0 Å². The molecule has 1 fully saturated rings. The number of tetrazole rings is 1. The van der Waals surface area contributed by atoms with E-state index in [2.05, 4.69) is 69.4 Å². The molecule has 1 aliphatic heterocycles. The summed E-state index contributed by atoms with van der Waals surface area (Å²) in [6.07, 6.45) is 4.86. The Morgan fingerprint density at radius 2 is 1.86 bits per heavy atom. The van der Waals surface area contributed by atoms with Crippen molar-refractivity contribution < 1.29 is 0 Å². The fourth-order valence-electron chi connectivity index (χ4n) is 3.45. The number of H-pyrrole nitrogens is 1. The van der Waals surface area contributed by atoms with Gasteiger partial charge in [-0.2, -0.15) is 5.21 Å². The molecule has 1 aliphatic rings. The number of pyridine rings is 1. The number of nitrogens with zero attached hydrogens (tertiary/aromatic N) is 5. The predicted molar refractivity (Wildman–Crippen MR) is 110 cm³/mol. The minimum Gasteiger partial charge on any atom is -0.300 e. The molecule has 3 heterocycles. The number of hydrogen-bond acceptors (Lipinski definition) is 5. The van der Waals surface area contributed by atoms with Crippen molar-refractivity contribution in [1.29, 1.82) is 0 Å². The highest BCUT2D eigenvalue weighted by Gasteiger charge is 2.14. The Morgan fingerprint density at radius 3 is 2.57 bits per heavy atom. The summed E-state index contributed by atoms with van der Waals surface area (Å²) in [5.74, 6) is 0.461. The number of hydrogen-bond donors (Lipinski definition) is 1. The second kappa shape index (κ2) is 8.27. The van der Waals surface area contributed by atoms with Crippen LogP contribution in [-0.2, 0) is 0 Å². The monoisotopic (exact) mass is 372 g/mol. The van der Waals surface area contributed by atoms with Crippen molar-refractivity contribution in [3.05, 3.63) is 83.5 Å². The number of aryl methyl sites for hydroxylation is 1. The summed E-state index contributed by atoms with van der Waals surface area (Å²) >= 11 is 0. The first-order valence-corrected chi connectivity index (χ1v) is 9.61. The highest BCUT2D eigenvalue weighted by molar-refractivity contribution is 5.80. The molecule has 1 aromatic carbocycles. The van der Waals surface area contributed by atoms with Crippen LogP contribution in [0.4, 0.5) is 0 Å². The largest absolute Gasteiger partial charge is 0.300 e. The van der Waals surface area contributed by atoms with E-state index in [0.717, 1.165) is 23.5 Å². The fourth-order valence-corrected chi connectivity index (χ4v) is 3.45. The average Bonchev–Trinajstić information content (AvgIpc) is 3.43. The quantitative estimate of drug-likeness (QED) is 0.717. The van der Waals surface area contributed by atoms with Crippen LogP contribution >= 0.6 is 0 Å². The predicted octanol–water partition coefficient (Wildman–Crippen LogP) is 3.49. The molecular weight excluding hydrogens is 348 g/mol. The Balaban J connectivity index is 1.69. The molecule has 0 radical (unpaired) electrons. The first-order valence-electron chi connectivity index (χ1n) is 9.61. The average molecular weight is 372 g/mol. The van der Waals surface area contributed by atoms with Crippen LogP contribution in [0.15, 0.2) is 55.1 Å². The molecule has 2 aromatic heterocycles. The molecule has 1 N–H and O–H groups in total. The lowest BCUT2D eigenvalue weighted by molar-refractivity contribution is 0.377. The maximum Gasteiger partial charge on any atom is 0.206 e. The fraction of sp³-hybridized carbons (Fsp3) is 0.273. The Bertz CT molecular complexity index is 967. The van der Waals surface area contributed by atoms with Gasteiger partial charge in [0.25, 0.3) is 0 Å². The van der Waals surface area contributed by atoms with E-state index in [4.69, 9.17) is 4.98 Å². The van der Waals surface area contributed by atoms with E-state index in [-0.39, 0.29) is 0 Å². The summed E-state index contributed by atoms with van der Waals surface area (Å²) in [5.41, 5.74) is 5.87. The van der Waals surface area contributed by atoms with Crippen molar-refractivity contribution in [3.63, 3.8) is 0 Å². The second-order valence-electron chi connectivity index (χ2n) is 7.11. The maximum absolute atomic E-state index is 4.87. The van der Waals surface area contributed by atoms with E-state index >= 15 is 0 Å². The van der Waals surface area contributed by atoms with Crippen molar-refractivity contribution in [3.8, 4) is 0 Å². The summed E-state index contributed by atoms with van der Waals surface area (Å²) in [5, 5.41) is 14.1. The third-order valence-electron chi connectivity index (χ3n) is 5.06. The van der Waals surface area contributed by atoms with Crippen LogP contribution in [0, 0.1) is 6.92 Å². The minimum absolute atomic E-state index is 0.461. The minimum atomic E-state index is 0.461. The molecule has 0 amide bonds. The number of benzene rings is 1. The summed E-state index contributed by atoms with van der Waals surface area (Å²) in [6.45, 7) is 9.45. The van der Waals surface area contributed by atoms with Crippen LogP contribution in [0.25, 0.3) is 11.1 Å². The molecule has 6 nitrogen and oxygen atoms in total. The normalized spacial score (nSPS) is 15.1. The van der Waals surface area contributed by atoms with Gasteiger partial charge in [0.05, 0.1) is 11.4 Å². The molecule has 3 aromatic rings. The van der Waals surface area contributed by atoms with E-state index in [9.17, 15) is 0 Å². The molecule has 0 unspecified atom stereocenters. The van der Waals surface area contributed by atoms with Crippen LogP contribution in [0.1, 0.15) is 41.2 Å². The summed E-state index contributed by atoms with van der Waals surface area (Å²) in [7, 11) is 0. The highest BCUT2D eigenvalue weighted by Crippen LogP contribution is 2.25. The van der Waals surface area contributed by atoms with Gasteiger partial charge in [-0.1, -0.05) is 48.6 Å². The van der Waals surface area contributed by atoms with Crippen LogP contribution in [0.5, 0.6) is 0 Å². The molecule has 0 saturated carbocycles. The zero-order chi connectivity index (χ0) is 19.3. The van der Waals surface area contributed by atoms with Crippen LogP contribution in [0.2, 0.25) is 0 Å². The second-order valence-corrected chi connectivity index (χ2v) is 7.11. The molecule has 6 heteroatoms. The van der Waals surface area contributed by atoms with Gasteiger partial charge in [-0.25, -0.2) is 4.98 Å². The SMILES string of the molecule is C=C(c1cccc(/C(=C/CN2CCCC2)c2ccc(C)cc2)n1)c1nn[nH]n1. The van der Waals surface area contributed by atoms with E-state index in [1.54, 1.807) is 0 Å². The number of rotatable bonds is 6. The summed E-state index contributed by atoms with van der Waals surface area (Å²) in [6, 6.07) is 14.6. The van der Waals surface area contributed by atoms with Gasteiger partial charge in [-0.15, -0.1) is 10.2 Å². The standard InChI is InChI=1S/C22H24N6/c1-16-8-10-18(11-9-16)19(12-15-28-13-3-4-14-28)21-7-5-6-20(23-21)17(2)22-24-26-27-25-22/h5-12H,2-4,13-15H2,1H3,(H,24,25,26,27)/b19-12+. The molecular formula is C22H24N6. The van der Waals surface area contributed by atoms with Crippen molar-refractivity contribution >= 4 is 11.1 Å². The molecule has 0 atom stereocenters. The lowest BCUT2D eigenvalue weighted by Crippen LogP contribution is -2.19. The third-order valence-corrected chi connectivity index (χ3v) is 5.06. The number of likely N-dealkylation sites (tertiary alicyclic amines) is 1. The van der Waals surface area contributed by atoms with Gasteiger partial charge in [-0.3, -0.25) is 4.90 Å². The zero-order valence-electron chi connectivity index (χ0n) is 16.1. The Morgan fingerprint density at radius 1 is 1.11 bits per heavy atom. The van der Waals surface area contributed by atoms with Crippen molar-refractivity contribution in [2.24, 2.45) is 0 Å². The number of aromatic nitrogens is 5. The Hall–Kier alpha value is -3.12. The topological polar surface area (TPSA) is 70.6 Å². The summed E-state index contributed by atoms with van der Waals surface area (Å²) < 4.78 is 0. The lowest BCUT2D eigenvalue weighted by atomic mass is 9.99. The van der Waals surface area contributed by atoms with E-state index < -0.39 is 0 Å². The number of aromatic amines is 1. The van der Waals surface area contributed by atoms with Crippen LogP contribution in [0.3, 0.4) is 0 Å². The molecule has 142 valence electrons. The van der Waals surface area contributed by atoms with Gasteiger partial charge in [0, 0.05) is 17.7 Å². The molecule has 0 bridgehead atoms. The summed E-state index contributed by atoms with van der Waals surface area (Å²) in [4.78, 5) is 7.35. The maximum atomic E-state index is 4.87. The van der Waals surface area contributed by atoms with Gasteiger partial charge < -0.3 is 0 Å². The van der Waals surface area contributed by atoms with Gasteiger partial charge in [-0.05, 0) is 55.8 Å². The number of nitrogens with one attached hydrogen (secondary N) is 1. The van der Waals surface area contributed by atoms with Gasteiger partial charge in [0.2, 0.25) is 5.82 Å². The molecule has 0 spiro atoms. The first kappa shape index (κ1) is 18.3. The van der Waals surface area contributed by atoms with Gasteiger partial charge >= 0.3 is 0 Å². The van der Waals surface area contributed by atoms with Gasteiger partial charge in [0.1, 0.15) is 0 Å². The van der Waals surface area contributed by atoms with E-state index in [1.807, 2.05) is 18.2 Å². The van der Waals surface area contributed by atoms with Crippen molar-refractivity contribution in [2.75, 3.05) is 19.6 Å². The van der Waals surface area contributed by atoms with Crippen molar-refractivity contribution in [1.82, 2.24) is 30.5 Å². The Labute approximate surface area is 165 Å². The molecule has 28 heavy (non-hydrogen) atoms. The van der Waals surface area contributed by atoms with Crippen molar-refractivity contribution in [2.45, 2.75) is 19.8 Å². The lowest BCUT2D eigenvalue weighted by Gasteiger charge is -2.15. The van der Waals surface area contributed by atoms with E-state index in [1.165, 1.54) is 37.1 Å². The highest BCUT2D eigenvalue weighted by atomic mass is 15.5. The van der Waals surface area contributed by atoms with Gasteiger partial charge in [0.15, 0.2) is 0 Å². The molecule has 4 rings (SSSR count).